The molecule has 2 aromatic rings. The standard InChI is InChI=1S/C12H11Cl2N7S.2ClH/c13-10-11(14)20(6-16-10)4-9-17-7(5-22-9)12-19-18-8-3-15-1-2-21(8)12;;/h1,3,5-6,12,18-19H,2,4H2;2*1H. The average molecular weight is 429 g/mol. The Bertz CT molecular complexity index is 771. The molecule has 2 aliphatic heterocycles. The van der Waals surface area contributed by atoms with Gasteiger partial charge in [-0.3, -0.25) is 4.99 Å². The summed E-state index contributed by atoms with van der Waals surface area (Å²) in [4.78, 5) is 14.9. The number of hydrogen-bond donors (Lipinski definition) is 2. The van der Waals surface area contributed by atoms with Gasteiger partial charge < -0.3 is 14.9 Å². The lowest BCUT2D eigenvalue weighted by molar-refractivity contribution is 0.308. The minimum absolute atomic E-state index is 0. The number of halogens is 4. The van der Waals surface area contributed by atoms with Crippen LogP contribution in [0.2, 0.25) is 10.3 Å². The van der Waals surface area contributed by atoms with Crippen molar-refractivity contribution in [3.05, 3.63) is 44.7 Å². The summed E-state index contributed by atoms with van der Waals surface area (Å²) in [6, 6.07) is 0. The summed E-state index contributed by atoms with van der Waals surface area (Å²) >= 11 is 13.5. The molecular weight excluding hydrogens is 416 g/mol. The molecule has 0 bridgehead atoms. The van der Waals surface area contributed by atoms with Crippen LogP contribution in [0.25, 0.3) is 0 Å². The topological polar surface area (TPSA) is 70.4 Å². The number of aliphatic imine (C=N–C) groups is 1. The molecule has 0 aromatic carbocycles. The molecular formula is C12H13Cl4N7S. The highest BCUT2D eigenvalue weighted by molar-refractivity contribution is 7.09. The number of aromatic nitrogens is 3. The average Bonchev–Trinajstić information content (AvgIpc) is 3.22. The van der Waals surface area contributed by atoms with Crippen LogP contribution in [0.3, 0.4) is 0 Å². The first kappa shape index (κ1) is 19.3. The number of rotatable bonds is 3. The van der Waals surface area contributed by atoms with Gasteiger partial charge in [0.15, 0.2) is 5.15 Å². The zero-order valence-corrected chi connectivity index (χ0v) is 16.0. The fourth-order valence-electron chi connectivity index (χ4n) is 2.36. The SMILES string of the molecule is Cl.Cl.Clc1ncn(Cc2nc(C3NNC4=CN=CCN43)cs2)c1Cl. The van der Waals surface area contributed by atoms with E-state index >= 15 is 0 Å². The number of nitrogens with zero attached hydrogens (tertiary/aromatic N) is 5. The van der Waals surface area contributed by atoms with Gasteiger partial charge >= 0.3 is 0 Å². The largest absolute Gasteiger partial charge is 0.328 e. The third-order valence-electron chi connectivity index (χ3n) is 3.43. The van der Waals surface area contributed by atoms with Gasteiger partial charge in [-0.25, -0.2) is 15.4 Å². The van der Waals surface area contributed by atoms with Gasteiger partial charge in [0, 0.05) is 11.6 Å². The Morgan fingerprint density at radius 2 is 2.17 bits per heavy atom. The maximum absolute atomic E-state index is 6.08. The van der Waals surface area contributed by atoms with Gasteiger partial charge in [-0.2, -0.15) is 0 Å². The van der Waals surface area contributed by atoms with E-state index in [9.17, 15) is 0 Å². The Labute approximate surface area is 164 Å². The van der Waals surface area contributed by atoms with E-state index < -0.39 is 0 Å². The number of imidazole rings is 1. The highest BCUT2D eigenvalue weighted by Crippen LogP contribution is 2.28. The number of thiazole rings is 1. The predicted molar refractivity (Wildman–Crippen MR) is 100 cm³/mol. The number of hydrogen-bond acceptors (Lipinski definition) is 7. The van der Waals surface area contributed by atoms with Crippen molar-refractivity contribution < 1.29 is 0 Å². The van der Waals surface area contributed by atoms with Crippen molar-refractivity contribution in [1.82, 2.24) is 30.3 Å². The van der Waals surface area contributed by atoms with Crippen molar-refractivity contribution in [1.29, 1.82) is 0 Å². The molecule has 0 spiro atoms. The van der Waals surface area contributed by atoms with Crippen LogP contribution in [0, 0.1) is 0 Å². The van der Waals surface area contributed by atoms with Gasteiger partial charge in [-0.05, 0) is 0 Å². The Balaban J connectivity index is 0.00000104. The zero-order valence-electron chi connectivity index (χ0n) is 12.0. The molecule has 0 amide bonds. The first-order valence-electron chi connectivity index (χ1n) is 6.53. The lowest BCUT2D eigenvalue weighted by atomic mass is 10.3. The molecule has 1 unspecified atom stereocenters. The zero-order chi connectivity index (χ0) is 15.1. The highest BCUT2D eigenvalue weighted by Gasteiger charge is 2.31. The number of nitrogens with one attached hydrogen (secondary N) is 2. The molecule has 1 saturated heterocycles. The van der Waals surface area contributed by atoms with Crippen molar-refractivity contribution in [2.75, 3.05) is 6.54 Å². The van der Waals surface area contributed by atoms with Crippen molar-refractivity contribution >= 4 is 65.6 Å². The first-order chi connectivity index (χ1) is 10.7. The number of hydrazine groups is 1. The predicted octanol–water partition coefficient (Wildman–Crippen LogP) is 2.83. The van der Waals surface area contributed by atoms with Crippen LogP contribution in [0.15, 0.2) is 28.7 Å². The second-order valence-corrected chi connectivity index (χ2v) is 6.45. The quantitative estimate of drug-likeness (QED) is 0.786. The van der Waals surface area contributed by atoms with Crippen LogP contribution in [-0.4, -0.2) is 32.2 Å². The summed E-state index contributed by atoms with van der Waals surface area (Å²) in [5, 5.41) is 3.71. The van der Waals surface area contributed by atoms with Crippen molar-refractivity contribution in [3.8, 4) is 0 Å². The van der Waals surface area contributed by atoms with Crippen LogP contribution in [0.5, 0.6) is 0 Å². The van der Waals surface area contributed by atoms with Crippen LogP contribution in [0.4, 0.5) is 0 Å². The third kappa shape index (κ3) is 3.49. The first-order valence-corrected chi connectivity index (χ1v) is 8.16. The van der Waals surface area contributed by atoms with Crippen molar-refractivity contribution in [3.63, 3.8) is 0 Å². The van der Waals surface area contributed by atoms with Gasteiger partial charge in [0.25, 0.3) is 0 Å². The molecule has 130 valence electrons. The lowest BCUT2D eigenvalue weighted by Gasteiger charge is -2.23. The van der Waals surface area contributed by atoms with E-state index in [1.165, 1.54) is 0 Å². The minimum Gasteiger partial charge on any atom is -0.328 e. The molecule has 0 radical (unpaired) electrons. The van der Waals surface area contributed by atoms with E-state index in [1.54, 1.807) is 28.4 Å². The molecule has 4 rings (SSSR count). The van der Waals surface area contributed by atoms with Gasteiger partial charge in [-0.15, -0.1) is 36.2 Å². The summed E-state index contributed by atoms with van der Waals surface area (Å²) in [6.45, 7) is 1.29. The molecule has 7 nitrogen and oxygen atoms in total. The molecule has 1 atom stereocenters. The lowest BCUT2D eigenvalue weighted by Crippen LogP contribution is -2.30. The Hall–Kier alpha value is -1.03. The number of fused-ring (bicyclic) bond motifs is 1. The van der Waals surface area contributed by atoms with Gasteiger partial charge in [0.05, 0.1) is 31.3 Å². The molecule has 1 fully saturated rings. The summed E-state index contributed by atoms with van der Waals surface area (Å²) in [6.07, 6.45) is 5.26. The van der Waals surface area contributed by atoms with Crippen molar-refractivity contribution in [2.45, 2.75) is 12.7 Å². The molecule has 0 saturated carbocycles. The molecule has 24 heavy (non-hydrogen) atoms. The maximum atomic E-state index is 6.08. The van der Waals surface area contributed by atoms with E-state index in [0.29, 0.717) is 16.9 Å². The van der Waals surface area contributed by atoms with Gasteiger partial charge in [0.2, 0.25) is 0 Å². The van der Waals surface area contributed by atoms with E-state index in [1.807, 2.05) is 11.6 Å². The normalized spacial score (nSPS) is 18.3. The molecule has 2 aromatic heterocycles. The second kappa shape index (κ2) is 7.90. The molecule has 0 aliphatic carbocycles. The fraction of sp³-hybridized carbons (Fsp3) is 0.250. The Kier molecular flexibility index (Phi) is 6.35. The van der Waals surface area contributed by atoms with Crippen LogP contribution in [-0.2, 0) is 6.54 Å². The minimum atomic E-state index is -0.00940. The summed E-state index contributed by atoms with van der Waals surface area (Å²) in [7, 11) is 0. The van der Waals surface area contributed by atoms with Crippen LogP contribution < -0.4 is 10.9 Å². The van der Waals surface area contributed by atoms with E-state index in [0.717, 1.165) is 23.1 Å². The van der Waals surface area contributed by atoms with Crippen LogP contribution in [0.1, 0.15) is 16.9 Å². The van der Waals surface area contributed by atoms with E-state index in [4.69, 9.17) is 23.2 Å². The second-order valence-electron chi connectivity index (χ2n) is 4.79. The van der Waals surface area contributed by atoms with E-state index in [2.05, 4.69) is 30.7 Å². The Morgan fingerprint density at radius 3 is 2.92 bits per heavy atom. The molecule has 12 heteroatoms. The summed E-state index contributed by atoms with van der Waals surface area (Å²) in [5.74, 6) is 0.950. The van der Waals surface area contributed by atoms with Gasteiger partial charge in [0.1, 0.15) is 22.1 Å². The van der Waals surface area contributed by atoms with E-state index in [-0.39, 0.29) is 31.0 Å². The molecule has 4 heterocycles. The molecule has 2 N–H and O–H groups in total. The van der Waals surface area contributed by atoms with Crippen LogP contribution >= 0.6 is 59.4 Å². The fourth-order valence-corrected chi connectivity index (χ4v) is 3.47. The summed E-state index contributed by atoms with van der Waals surface area (Å²) < 4.78 is 1.77. The van der Waals surface area contributed by atoms with Crippen molar-refractivity contribution in [2.24, 2.45) is 4.99 Å². The monoisotopic (exact) mass is 427 g/mol. The maximum Gasteiger partial charge on any atom is 0.166 e. The highest BCUT2D eigenvalue weighted by atomic mass is 35.5. The van der Waals surface area contributed by atoms with Gasteiger partial charge in [-0.1, -0.05) is 23.2 Å². The third-order valence-corrected chi connectivity index (χ3v) is 5.05. The molecule has 2 aliphatic rings. The Morgan fingerprint density at radius 1 is 1.33 bits per heavy atom. The smallest absolute Gasteiger partial charge is 0.166 e. The summed E-state index contributed by atoms with van der Waals surface area (Å²) in [5.41, 5.74) is 7.28.